The van der Waals surface area contributed by atoms with Gasteiger partial charge in [0.25, 0.3) is 0 Å². The Morgan fingerprint density at radius 1 is 1.29 bits per heavy atom. The molecule has 0 spiro atoms. The van der Waals surface area contributed by atoms with E-state index in [9.17, 15) is 0 Å². The first kappa shape index (κ1) is 15.0. The maximum atomic E-state index is 5.51. The van der Waals surface area contributed by atoms with Crippen molar-refractivity contribution in [1.29, 1.82) is 0 Å². The standard InChI is InChI=1S/C18H23NS2/c1-3-4-10-19-16(13-21-17(19)20)14-11-18(2,12-14)15-8-6-5-7-9-15/h5-9,13-14H,3-4,10-12H2,1-2H3. The third-order valence-electron chi connectivity index (χ3n) is 4.83. The van der Waals surface area contributed by atoms with Crippen LogP contribution in [-0.4, -0.2) is 4.57 Å². The number of unbranched alkanes of at least 4 members (excludes halogenated alkanes) is 1. The van der Waals surface area contributed by atoms with Crippen molar-refractivity contribution in [3.63, 3.8) is 0 Å². The van der Waals surface area contributed by atoms with Gasteiger partial charge in [-0.05, 0) is 42.5 Å². The molecule has 2 aromatic rings. The van der Waals surface area contributed by atoms with E-state index >= 15 is 0 Å². The highest BCUT2D eigenvalue weighted by Gasteiger charge is 2.43. The lowest BCUT2D eigenvalue weighted by Gasteiger charge is -2.46. The number of aromatic nitrogens is 1. The predicted molar refractivity (Wildman–Crippen MR) is 93.8 cm³/mol. The van der Waals surface area contributed by atoms with Crippen molar-refractivity contribution in [2.45, 2.75) is 57.4 Å². The van der Waals surface area contributed by atoms with E-state index < -0.39 is 0 Å². The van der Waals surface area contributed by atoms with Crippen molar-refractivity contribution in [2.24, 2.45) is 0 Å². The van der Waals surface area contributed by atoms with Crippen molar-refractivity contribution < 1.29 is 0 Å². The third-order valence-corrected chi connectivity index (χ3v) is 6.12. The average Bonchev–Trinajstić information content (AvgIpc) is 2.83. The van der Waals surface area contributed by atoms with Crippen molar-refractivity contribution in [2.75, 3.05) is 0 Å². The molecule has 1 aliphatic rings. The molecule has 1 aliphatic carbocycles. The van der Waals surface area contributed by atoms with E-state index in [-0.39, 0.29) is 0 Å². The van der Waals surface area contributed by atoms with E-state index in [0.29, 0.717) is 11.3 Å². The van der Waals surface area contributed by atoms with Gasteiger partial charge in [0.05, 0.1) is 0 Å². The van der Waals surface area contributed by atoms with Crippen LogP contribution in [0.4, 0.5) is 0 Å². The molecule has 1 aromatic heterocycles. The van der Waals surface area contributed by atoms with Gasteiger partial charge in [0.15, 0.2) is 3.95 Å². The molecule has 0 atom stereocenters. The molecule has 1 heterocycles. The monoisotopic (exact) mass is 317 g/mol. The van der Waals surface area contributed by atoms with Crippen LogP contribution in [-0.2, 0) is 12.0 Å². The van der Waals surface area contributed by atoms with Crippen molar-refractivity contribution in [1.82, 2.24) is 4.57 Å². The Balaban J connectivity index is 1.76. The summed E-state index contributed by atoms with van der Waals surface area (Å²) in [4.78, 5) is 0. The van der Waals surface area contributed by atoms with Crippen LogP contribution in [0.3, 0.4) is 0 Å². The number of rotatable bonds is 5. The van der Waals surface area contributed by atoms with Crippen LogP contribution in [0, 0.1) is 3.95 Å². The predicted octanol–water partition coefficient (Wildman–Crippen LogP) is 5.91. The van der Waals surface area contributed by atoms with Crippen molar-refractivity contribution in [3.05, 3.63) is 50.9 Å². The summed E-state index contributed by atoms with van der Waals surface area (Å²) in [7, 11) is 0. The zero-order valence-electron chi connectivity index (χ0n) is 12.8. The molecule has 1 saturated carbocycles. The minimum atomic E-state index is 0.345. The molecular formula is C18H23NS2. The molecule has 112 valence electrons. The molecule has 1 nitrogen and oxygen atoms in total. The lowest BCUT2D eigenvalue weighted by atomic mass is 9.59. The minimum Gasteiger partial charge on any atom is -0.327 e. The SMILES string of the molecule is CCCCn1c(C2CC(C)(c3ccccc3)C2)csc1=S. The largest absolute Gasteiger partial charge is 0.327 e. The molecule has 0 saturated heterocycles. The van der Waals surface area contributed by atoms with Crippen LogP contribution >= 0.6 is 23.6 Å². The Kier molecular flexibility index (Phi) is 4.32. The fraction of sp³-hybridized carbons (Fsp3) is 0.500. The highest BCUT2D eigenvalue weighted by molar-refractivity contribution is 7.73. The lowest BCUT2D eigenvalue weighted by Crippen LogP contribution is -2.37. The van der Waals surface area contributed by atoms with E-state index in [2.05, 4.69) is 54.1 Å². The second-order valence-electron chi connectivity index (χ2n) is 6.46. The number of thiazole rings is 1. The molecule has 3 rings (SSSR count). The van der Waals surface area contributed by atoms with Crippen molar-refractivity contribution >= 4 is 23.6 Å². The summed E-state index contributed by atoms with van der Waals surface area (Å²) in [6.07, 6.45) is 4.94. The average molecular weight is 318 g/mol. The van der Waals surface area contributed by atoms with Gasteiger partial charge in [-0.25, -0.2) is 0 Å². The quantitative estimate of drug-likeness (QED) is 0.620. The van der Waals surface area contributed by atoms with Crippen LogP contribution in [0.15, 0.2) is 35.7 Å². The fourth-order valence-electron chi connectivity index (χ4n) is 3.51. The summed E-state index contributed by atoms with van der Waals surface area (Å²) in [6, 6.07) is 11.0. The van der Waals surface area contributed by atoms with Crippen LogP contribution in [0.25, 0.3) is 0 Å². The molecule has 3 heteroatoms. The van der Waals surface area contributed by atoms with E-state index in [1.165, 1.54) is 36.9 Å². The van der Waals surface area contributed by atoms with Gasteiger partial charge in [-0.1, -0.05) is 50.6 Å². The molecule has 0 amide bonds. The van der Waals surface area contributed by atoms with Gasteiger partial charge in [-0.2, -0.15) is 0 Å². The van der Waals surface area contributed by atoms with Crippen LogP contribution in [0.5, 0.6) is 0 Å². The summed E-state index contributed by atoms with van der Waals surface area (Å²) >= 11 is 7.24. The van der Waals surface area contributed by atoms with E-state index in [4.69, 9.17) is 12.2 Å². The van der Waals surface area contributed by atoms with Crippen molar-refractivity contribution in [3.8, 4) is 0 Å². The van der Waals surface area contributed by atoms with Crippen LogP contribution in [0.2, 0.25) is 0 Å². The molecule has 0 radical (unpaired) electrons. The van der Waals surface area contributed by atoms with E-state index in [1.54, 1.807) is 11.3 Å². The first-order chi connectivity index (χ1) is 10.1. The number of hydrogen-bond donors (Lipinski definition) is 0. The normalized spacial score (nSPS) is 24.8. The second kappa shape index (κ2) is 6.05. The van der Waals surface area contributed by atoms with Crippen LogP contribution in [0.1, 0.15) is 56.7 Å². The summed E-state index contributed by atoms with van der Waals surface area (Å²) < 4.78 is 3.44. The Morgan fingerprint density at radius 2 is 2.00 bits per heavy atom. The molecule has 0 N–H and O–H groups in total. The van der Waals surface area contributed by atoms with Gasteiger partial charge in [-0.15, -0.1) is 11.3 Å². The van der Waals surface area contributed by atoms with Gasteiger partial charge < -0.3 is 4.57 Å². The minimum absolute atomic E-state index is 0.345. The topological polar surface area (TPSA) is 4.93 Å². The van der Waals surface area contributed by atoms with Gasteiger partial charge in [-0.3, -0.25) is 0 Å². The van der Waals surface area contributed by atoms with Gasteiger partial charge in [0.2, 0.25) is 0 Å². The fourth-order valence-corrected chi connectivity index (χ4v) is 4.72. The first-order valence-corrected chi connectivity index (χ1v) is 9.16. The molecule has 21 heavy (non-hydrogen) atoms. The first-order valence-electron chi connectivity index (χ1n) is 7.88. The van der Waals surface area contributed by atoms with Gasteiger partial charge in [0, 0.05) is 23.5 Å². The zero-order chi connectivity index (χ0) is 14.9. The maximum Gasteiger partial charge on any atom is 0.161 e. The number of nitrogens with zero attached hydrogens (tertiary/aromatic N) is 1. The number of hydrogen-bond acceptors (Lipinski definition) is 2. The second-order valence-corrected chi connectivity index (χ2v) is 7.97. The van der Waals surface area contributed by atoms with E-state index in [0.717, 1.165) is 10.5 Å². The number of benzene rings is 1. The molecule has 1 fully saturated rings. The Bertz CT molecular complexity index is 647. The highest BCUT2D eigenvalue weighted by atomic mass is 32.1. The van der Waals surface area contributed by atoms with Gasteiger partial charge >= 0.3 is 0 Å². The summed E-state index contributed by atoms with van der Waals surface area (Å²) in [5, 5.41) is 2.30. The molecule has 0 unspecified atom stereocenters. The third kappa shape index (κ3) is 2.86. The van der Waals surface area contributed by atoms with Crippen LogP contribution < -0.4 is 0 Å². The Morgan fingerprint density at radius 3 is 2.67 bits per heavy atom. The summed E-state index contributed by atoms with van der Waals surface area (Å²) in [6.45, 7) is 5.73. The molecular weight excluding hydrogens is 294 g/mol. The Labute approximate surface area is 136 Å². The maximum absolute atomic E-state index is 5.51. The zero-order valence-corrected chi connectivity index (χ0v) is 14.5. The smallest absolute Gasteiger partial charge is 0.161 e. The molecule has 1 aromatic carbocycles. The summed E-state index contributed by atoms with van der Waals surface area (Å²) in [5.41, 5.74) is 3.31. The summed E-state index contributed by atoms with van der Waals surface area (Å²) in [5.74, 6) is 0.681. The molecule has 0 aliphatic heterocycles. The highest BCUT2D eigenvalue weighted by Crippen LogP contribution is 2.52. The molecule has 0 bridgehead atoms. The van der Waals surface area contributed by atoms with Gasteiger partial charge in [0.1, 0.15) is 0 Å². The van der Waals surface area contributed by atoms with E-state index in [1.807, 2.05) is 0 Å². The Hall–Kier alpha value is -0.930. The lowest BCUT2D eigenvalue weighted by molar-refractivity contribution is 0.216.